The van der Waals surface area contributed by atoms with Crippen LogP contribution in [0.25, 0.3) is 11.8 Å². The number of hydrogen-bond acceptors (Lipinski definition) is 6. The molecule has 0 saturated heterocycles. The minimum atomic E-state index is -0.350. The molecule has 1 unspecified atom stereocenters. The fraction of sp³-hybridized carbons (Fsp3) is 0.200. The topological polar surface area (TPSA) is 62.0 Å². The van der Waals surface area contributed by atoms with Crippen molar-refractivity contribution < 1.29 is 14.2 Å². The molecule has 1 aliphatic heterocycles. The number of hydrogen-bond donors (Lipinski definition) is 0. The largest absolute Gasteiger partial charge is 0.497 e. The Labute approximate surface area is 218 Å². The zero-order valence-corrected chi connectivity index (χ0v) is 21.7. The molecule has 0 fully saturated rings. The molecule has 37 heavy (non-hydrogen) atoms. The Hall–Kier alpha value is -4.10. The van der Waals surface area contributed by atoms with Gasteiger partial charge < -0.3 is 14.2 Å². The zero-order chi connectivity index (χ0) is 25.5. The number of aryl methyl sites for hydroxylation is 1. The number of aromatic nitrogens is 1. The predicted molar refractivity (Wildman–Crippen MR) is 145 cm³/mol. The number of rotatable bonds is 5. The third kappa shape index (κ3) is 3.86. The quantitative estimate of drug-likeness (QED) is 0.401. The van der Waals surface area contributed by atoms with Gasteiger partial charge in [-0.15, -0.1) is 0 Å². The first-order valence-corrected chi connectivity index (χ1v) is 12.9. The van der Waals surface area contributed by atoms with E-state index in [0.29, 0.717) is 20.8 Å². The van der Waals surface area contributed by atoms with E-state index in [4.69, 9.17) is 19.2 Å². The summed E-state index contributed by atoms with van der Waals surface area (Å²) in [5.41, 5.74) is 6.17. The summed E-state index contributed by atoms with van der Waals surface area (Å²) in [5, 5.41) is 0. The molecule has 0 radical (unpaired) electrons. The fourth-order valence-electron chi connectivity index (χ4n) is 5.31. The molecule has 6 nitrogen and oxygen atoms in total. The molecule has 0 bridgehead atoms. The Morgan fingerprint density at radius 1 is 0.946 bits per heavy atom. The number of fused-ring (bicyclic) bond motifs is 3. The van der Waals surface area contributed by atoms with E-state index in [1.54, 1.807) is 21.3 Å². The van der Waals surface area contributed by atoms with E-state index < -0.39 is 0 Å². The van der Waals surface area contributed by atoms with Crippen LogP contribution < -0.4 is 29.1 Å². The van der Waals surface area contributed by atoms with Gasteiger partial charge in [-0.1, -0.05) is 59.9 Å². The molecule has 2 heterocycles. The Balaban J connectivity index is 1.65. The third-order valence-corrected chi connectivity index (χ3v) is 7.98. The van der Waals surface area contributed by atoms with E-state index in [9.17, 15) is 4.79 Å². The van der Waals surface area contributed by atoms with Crippen molar-refractivity contribution >= 4 is 23.1 Å². The highest BCUT2D eigenvalue weighted by molar-refractivity contribution is 7.07. The smallest absolute Gasteiger partial charge is 0.271 e. The van der Waals surface area contributed by atoms with Crippen LogP contribution in [0.2, 0.25) is 0 Å². The van der Waals surface area contributed by atoms with Crippen molar-refractivity contribution in [3.05, 3.63) is 114 Å². The highest BCUT2D eigenvalue weighted by atomic mass is 32.1. The van der Waals surface area contributed by atoms with Crippen LogP contribution in [0.1, 0.15) is 34.7 Å². The average molecular weight is 511 g/mol. The van der Waals surface area contributed by atoms with E-state index >= 15 is 0 Å². The van der Waals surface area contributed by atoms with Crippen LogP contribution in [0.15, 0.2) is 82.1 Å². The van der Waals surface area contributed by atoms with Gasteiger partial charge in [0.15, 0.2) is 16.3 Å². The maximum absolute atomic E-state index is 14.0. The predicted octanol–water partition coefficient (Wildman–Crippen LogP) is 4.34. The second-order valence-corrected chi connectivity index (χ2v) is 9.98. The summed E-state index contributed by atoms with van der Waals surface area (Å²) < 4.78 is 19.3. The average Bonchev–Trinajstić information content (AvgIpc) is 3.25. The number of methoxy groups -OCH3 is 3. The molecule has 1 aliphatic carbocycles. The van der Waals surface area contributed by atoms with Crippen LogP contribution in [0.5, 0.6) is 17.2 Å². The summed E-state index contributed by atoms with van der Waals surface area (Å²) in [4.78, 5) is 19.7. The van der Waals surface area contributed by atoms with E-state index in [1.165, 1.54) is 16.9 Å². The van der Waals surface area contributed by atoms with Crippen molar-refractivity contribution in [2.24, 2.45) is 4.99 Å². The normalized spacial score (nSPS) is 16.4. The second kappa shape index (κ2) is 9.41. The molecule has 0 saturated carbocycles. The van der Waals surface area contributed by atoms with Crippen molar-refractivity contribution in [1.82, 2.24) is 4.57 Å². The summed E-state index contributed by atoms with van der Waals surface area (Å²) in [7, 11) is 4.90. The van der Waals surface area contributed by atoms with E-state index in [-0.39, 0.29) is 11.6 Å². The second-order valence-electron chi connectivity index (χ2n) is 8.97. The molecule has 3 aromatic carbocycles. The minimum absolute atomic E-state index is 0.0770. The lowest BCUT2D eigenvalue weighted by Crippen LogP contribution is -2.39. The van der Waals surface area contributed by atoms with Crippen molar-refractivity contribution in [2.75, 3.05) is 21.3 Å². The lowest BCUT2D eigenvalue weighted by molar-refractivity contribution is 0.348. The number of para-hydroxylation sites is 1. The van der Waals surface area contributed by atoms with Gasteiger partial charge in [-0.25, -0.2) is 4.99 Å². The van der Waals surface area contributed by atoms with Gasteiger partial charge in [-0.2, -0.15) is 0 Å². The molecular weight excluding hydrogens is 484 g/mol. The molecule has 1 atom stereocenters. The van der Waals surface area contributed by atoms with Crippen molar-refractivity contribution in [2.45, 2.75) is 18.9 Å². The summed E-state index contributed by atoms with van der Waals surface area (Å²) in [6, 6.07) is 21.6. The van der Waals surface area contributed by atoms with Crippen LogP contribution >= 0.6 is 11.3 Å². The maximum Gasteiger partial charge on any atom is 0.271 e. The Morgan fingerprint density at radius 3 is 2.59 bits per heavy atom. The Bertz CT molecular complexity index is 1730. The Morgan fingerprint density at radius 2 is 1.78 bits per heavy atom. The van der Waals surface area contributed by atoms with E-state index in [0.717, 1.165) is 46.6 Å². The molecule has 4 aromatic rings. The molecule has 6 rings (SSSR count). The number of nitrogens with zero attached hydrogens (tertiary/aromatic N) is 2. The first-order valence-electron chi connectivity index (χ1n) is 12.1. The number of allylic oxidation sites excluding steroid dienone is 1. The molecular formula is C30H26N2O4S. The van der Waals surface area contributed by atoms with E-state index in [1.807, 2.05) is 59.2 Å². The fourth-order valence-corrected chi connectivity index (χ4v) is 6.31. The van der Waals surface area contributed by atoms with Gasteiger partial charge in [-0.3, -0.25) is 9.36 Å². The SMILES string of the molecule is COc1cccc(C=c2sc3n(c2=O)C(c2cccc(OC)c2OC)C2=C(N=3)c3ccccc3CC2)c1. The number of ether oxygens (including phenoxy) is 3. The van der Waals surface area contributed by atoms with E-state index in [2.05, 4.69) is 18.2 Å². The molecule has 0 spiro atoms. The number of thiazole rings is 1. The lowest BCUT2D eigenvalue weighted by atomic mass is 9.83. The van der Waals surface area contributed by atoms with Crippen LogP contribution in [-0.4, -0.2) is 25.9 Å². The minimum Gasteiger partial charge on any atom is -0.497 e. The van der Waals surface area contributed by atoms with Gasteiger partial charge in [0.05, 0.1) is 37.6 Å². The molecule has 2 aliphatic rings. The molecule has 0 amide bonds. The number of benzene rings is 3. The highest BCUT2D eigenvalue weighted by Crippen LogP contribution is 2.45. The van der Waals surface area contributed by atoms with Gasteiger partial charge in [0, 0.05) is 11.1 Å². The molecule has 7 heteroatoms. The van der Waals surface area contributed by atoms with Gasteiger partial charge in [0.2, 0.25) is 0 Å². The first kappa shape index (κ1) is 23.3. The van der Waals surface area contributed by atoms with Crippen LogP contribution in [0.4, 0.5) is 0 Å². The zero-order valence-electron chi connectivity index (χ0n) is 20.9. The molecule has 0 N–H and O–H groups in total. The monoisotopic (exact) mass is 510 g/mol. The van der Waals surface area contributed by atoms with Crippen LogP contribution in [0, 0.1) is 0 Å². The van der Waals surface area contributed by atoms with Gasteiger partial charge in [-0.05, 0) is 53.8 Å². The van der Waals surface area contributed by atoms with Crippen LogP contribution in [-0.2, 0) is 6.42 Å². The lowest BCUT2D eigenvalue weighted by Gasteiger charge is -2.31. The maximum atomic E-state index is 14.0. The Kier molecular flexibility index (Phi) is 5.93. The van der Waals surface area contributed by atoms with Crippen LogP contribution in [0.3, 0.4) is 0 Å². The standard InChI is InChI=1S/C30H26N2O4S/c1-34-20-10-6-8-18(16-20)17-25-29(33)32-27(23-12-7-13-24(35-2)28(23)36-3)22-15-14-19-9-4-5-11-21(19)26(22)31-30(32)37-25/h4-13,16-17,27H,14-15H2,1-3H3. The van der Waals surface area contributed by atoms with Gasteiger partial charge >= 0.3 is 0 Å². The summed E-state index contributed by atoms with van der Waals surface area (Å²) in [5.74, 6) is 2.01. The third-order valence-electron chi connectivity index (χ3n) is 6.99. The van der Waals surface area contributed by atoms with Gasteiger partial charge in [0.1, 0.15) is 5.75 Å². The highest BCUT2D eigenvalue weighted by Gasteiger charge is 2.34. The van der Waals surface area contributed by atoms with Gasteiger partial charge in [0.25, 0.3) is 5.56 Å². The van der Waals surface area contributed by atoms with Crippen molar-refractivity contribution in [1.29, 1.82) is 0 Å². The van der Waals surface area contributed by atoms with Crippen molar-refractivity contribution in [3.63, 3.8) is 0 Å². The molecule has 186 valence electrons. The molecule has 1 aromatic heterocycles. The van der Waals surface area contributed by atoms with Crippen molar-refractivity contribution in [3.8, 4) is 17.2 Å². The summed E-state index contributed by atoms with van der Waals surface area (Å²) in [6.07, 6.45) is 3.60. The summed E-state index contributed by atoms with van der Waals surface area (Å²) >= 11 is 1.40. The summed E-state index contributed by atoms with van der Waals surface area (Å²) in [6.45, 7) is 0. The first-order chi connectivity index (χ1) is 18.1.